The van der Waals surface area contributed by atoms with Gasteiger partial charge < -0.3 is 15.8 Å². The van der Waals surface area contributed by atoms with Crippen LogP contribution in [-0.2, 0) is 0 Å². The maximum Gasteiger partial charge on any atom is 0.329 e. The normalized spacial score (nSPS) is 11.1. The van der Waals surface area contributed by atoms with Crippen LogP contribution in [0.2, 0.25) is 0 Å². The summed E-state index contributed by atoms with van der Waals surface area (Å²) in [6.07, 6.45) is 0.736. The third kappa shape index (κ3) is 1.58. The highest BCUT2D eigenvalue weighted by Gasteiger charge is 1.92. The minimum Gasteiger partial charge on any atom is -0.398 e. The smallest absolute Gasteiger partial charge is 0.329 e. The first kappa shape index (κ1) is 5.74. The van der Waals surface area contributed by atoms with Crippen molar-refractivity contribution in [1.29, 1.82) is 0 Å². The first-order valence-corrected chi connectivity index (χ1v) is 1.50. The second-order valence-electron chi connectivity index (χ2n) is 0.849. The number of nitrogens with zero attached hydrogens (tertiary/aromatic N) is 1. The van der Waals surface area contributed by atoms with Crippen LogP contribution >= 0.6 is 0 Å². The second-order valence-corrected chi connectivity index (χ2v) is 0.849. The fraction of sp³-hybridized carbons (Fsp3) is 0. The summed E-state index contributed by atoms with van der Waals surface area (Å²) in [4.78, 5) is 8.70. The summed E-state index contributed by atoms with van der Waals surface area (Å²) in [5.41, 5.74) is 9.30. The Balaban J connectivity index is 3.82. The standard InChI is InChI=1S/C2H5N3O2/c3-1-2(4)5(6)7/h1H,3-4H2/b2-1-. The Bertz CT molecular complexity index is 108. The molecule has 0 amide bonds. The predicted octanol–water partition coefficient (Wildman–Crippen LogP) is -1.02. The fourth-order valence-corrected chi connectivity index (χ4v) is 0.0609. The summed E-state index contributed by atoms with van der Waals surface area (Å²) in [5, 5.41) is 9.46. The van der Waals surface area contributed by atoms with Gasteiger partial charge in [-0.25, -0.2) is 0 Å². The average Bonchev–Trinajstić information content (AvgIpc) is 1.65. The molecule has 0 aromatic heterocycles. The molecule has 4 N–H and O–H groups in total. The monoisotopic (exact) mass is 103 g/mol. The lowest BCUT2D eigenvalue weighted by Gasteiger charge is -1.87. The summed E-state index contributed by atoms with van der Waals surface area (Å²) in [7, 11) is 0. The minimum absolute atomic E-state index is 0.528. The van der Waals surface area contributed by atoms with E-state index < -0.39 is 10.7 Å². The molecule has 7 heavy (non-hydrogen) atoms. The van der Waals surface area contributed by atoms with E-state index in [1.54, 1.807) is 0 Å². The Morgan fingerprint density at radius 2 is 2.29 bits per heavy atom. The second kappa shape index (κ2) is 2.01. The molecule has 0 rings (SSSR count). The van der Waals surface area contributed by atoms with Gasteiger partial charge in [-0.3, -0.25) is 5.73 Å². The van der Waals surface area contributed by atoms with Crippen LogP contribution in [0.15, 0.2) is 12.0 Å². The molecular formula is C2H5N3O2. The van der Waals surface area contributed by atoms with E-state index >= 15 is 0 Å². The van der Waals surface area contributed by atoms with Crippen molar-refractivity contribution in [3.63, 3.8) is 0 Å². The molecule has 0 aliphatic rings. The molecule has 0 fully saturated rings. The molecule has 0 unspecified atom stereocenters. The average molecular weight is 103 g/mol. The SMILES string of the molecule is N/C=C(/N)[N+](=O)[O-]. The fourth-order valence-electron chi connectivity index (χ4n) is 0.0609. The summed E-state index contributed by atoms with van der Waals surface area (Å²) in [6.45, 7) is 0. The molecule has 0 spiro atoms. The van der Waals surface area contributed by atoms with E-state index in [1.165, 1.54) is 0 Å². The lowest BCUT2D eigenvalue weighted by atomic mass is 10.8. The van der Waals surface area contributed by atoms with Crippen molar-refractivity contribution in [3.05, 3.63) is 22.1 Å². The van der Waals surface area contributed by atoms with Gasteiger partial charge >= 0.3 is 5.82 Å². The van der Waals surface area contributed by atoms with E-state index in [2.05, 4.69) is 11.5 Å². The van der Waals surface area contributed by atoms with Crippen LogP contribution < -0.4 is 11.5 Å². The first-order valence-electron chi connectivity index (χ1n) is 1.50. The molecular weight excluding hydrogens is 98.0 g/mol. The van der Waals surface area contributed by atoms with Gasteiger partial charge in [0, 0.05) is 0 Å². The highest BCUT2D eigenvalue weighted by molar-refractivity contribution is 4.78. The lowest BCUT2D eigenvalue weighted by Crippen LogP contribution is -2.10. The van der Waals surface area contributed by atoms with E-state index in [0.717, 1.165) is 6.20 Å². The molecule has 5 heteroatoms. The summed E-state index contributed by atoms with van der Waals surface area (Å²) in [6, 6.07) is 0. The van der Waals surface area contributed by atoms with Gasteiger partial charge in [0.15, 0.2) is 0 Å². The molecule has 5 nitrogen and oxygen atoms in total. The van der Waals surface area contributed by atoms with E-state index in [-0.39, 0.29) is 0 Å². The Kier molecular flexibility index (Phi) is 1.65. The molecule has 0 aromatic carbocycles. The van der Waals surface area contributed by atoms with Crippen molar-refractivity contribution in [2.75, 3.05) is 0 Å². The van der Waals surface area contributed by atoms with Crippen LogP contribution in [0.5, 0.6) is 0 Å². The molecule has 0 heterocycles. The van der Waals surface area contributed by atoms with Crippen LogP contribution in [0.25, 0.3) is 0 Å². The van der Waals surface area contributed by atoms with Gasteiger partial charge in [-0.15, -0.1) is 0 Å². The van der Waals surface area contributed by atoms with Gasteiger partial charge in [-0.1, -0.05) is 0 Å². The number of hydrogen-bond donors (Lipinski definition) is 2. The number of nitro groups is 1. The van der Waals surface area contributed by atoms with Gasteiger partial charge in [0.1, 0.15) is 0 Å². The van der Waals surface area contributed by atoms with Crippen LogP contribution in [-0.4, -0.2) is 4.92 Å². The highest BCUT2D eigenvalue weighted by Crippen LogP contribution is 1.75. The van der Waals surface area contributed by atoms with Crippen molar-refractivity contribution in [1.82, 2.24) is 0 Å². The molecule has 0 saturated heterocycles. The van der Waals surface area contributed by atoms with Crippen molar-refractivity contribution < 1.29 is 4.92 Å². The molecule has 0 saturated carbocycles. The molecule has 0 bridgehead atoms. The number of nitrogens with two attached hydrogens (primary N) is 2. The maximum absolute atomic E-state index is 9.46. The first-order chi connectivity index (χ1) is 3.18. The summed E-state index contributed by atoms with van der Waals surface area (Å²) >= 11 is 0. The van der Waals surface area contributed by atoms with Crippen molar-refractivity contribution in [2.24, 2.45) is 11.5 Å². The van der Waals surface area contributed by atoms with E-state index in [1.807, 2.05) is 0 Å². The van der Waals surface area contributed by atoms with Crippen LogP contribution in [0, 0.1) is 10.1 Å². The summed E-state index contributed by atoms with van der Waals surface area (Å²) < 4.78 is 0. The molecule has 40 valence electrons. The van der Waals surface area contributed by atoms with Crippen LogP contribution in [0.4, 0.5) is 0 Å². The molecule has 0 aliphatic heterocycles. The third-order valence-corrected chi connectivity index (χ3v) is 0.382. The maximum atomic E-state index is 9.46. The quantitative estimate of drug-likeness (QED) is 0.328. The number of hydrogen-bond acceptors (Lipinski definition) is 4. The lowest BCUT2D eigenvalue weighted by molar-refractivity contribution is -0.426. The zero-order valence-electron chi connectivity index (χ0n) is 3.50. The molecule has 0 radical (unpaired) electrons. The van der Waals surface area contributed by atoms with E-state index in [0.29, 0.717) is 0 Å². The zero-order valence-corrected chi connectivity index (χ0v) is 3.50. The van der Waals surface area contributed by atoms with Gasteiger partial charge in [-0.2, -0.15) is 0 Å². The zero-order chi connectivity index (χ0) is 5.86. The Morgan fingerprint density at radius 1 is 1.86 bits per heavy atom. The van der Waals surface area contributed by atoms with Crippen molar-refractivity contribution >= 4 is 0 Å². The molecule has 0 aromatic rings. The number of rotatable bonds is 1. The highest BCUT2D eigenvalue weighted by atomic mass is 16.6. The van der Waals surface area contributed by atoms with Gasteiger partial charge in [0.05, 0.1) is 6.20 Å². The van der Waals surface area contributed by atoms with Crippen molar-refractivity contribution in [2.45, 2.75) is 0 Å². The van der Waals surface area contributed by atoms with Gasteiger partial charge in [-0.05, 0) is 4.92 Å². The topological polar surface area (TPSA) is 95.2 Å². The van der Waals surface area contributed by atoms with Gasteiger partial charge in [0.25, 0.3) is 0 Å². The largest absolute Gasteiger partial charge is 0.398 e. The molecule has 0 aliphatic carbocycles. The Labute approximate surface area is 39.7 Å². The van der Waals surface area contributed by atoms with E-state index in [4.69, 9.17) is 0 Å². The summed E-state index contributed by atoms with van der Waals surface area (Å²) in [5.74, 6) is -0.528. The minimum atomic E-state index is -0.764. The van der Waals surface area contributed by atoms with E-state index in [9.17, 15) is 10.1 Å². The predicted molar refractivity (Wildman–Crippen MR) is 23.5 cm³/mol. The van der Waals surface area contributed by atoms with Crippen molar-refractivity contribution in [3.8, 4) is 0 Å². The van der Waals surface area contributed by atoms with Crippen LogP contribution in [0.1, 0.15) is 0 Å². The Hall–Kier alpha value is -1.26. The third-order valence-electron chi connectivity index (χ3n) is 0.382. The molecule has 0 atom stereocenters. The van der Waals surface area contributed by atoms with Gasteiger partial charge in [0.2, 0.25) is 0 Å². The van der Waals surface area contributed by atoms with Crippen LogP contribution in [0.3, 0.4) is 0 Å². The Morgan fingerprint density at radius 3 is 2.29 bits per heavy atom.